The van der Waals surface area contributed by atoms with E-state index in [2.05, 4.69) is 10.2 Å². The molecule has 0 unspecified atom stereocenters. The first-order chi connectivity index (χ1) is 5.43. The van der Waals surface area contributed by atoms with E-state index >= 15 is 0 Å². The molecule has 68 valence electrons. The zero-order chi connectivity index (χ0) is 9.35. The van der Waals surface area contributed by atoms with Gasteiger partial charge in [-0.2, -0.15) is 13.5 Å². The number of hydrogen-bond donors (Lipinski definition) is 1. The van der Waals surface area contributed by atoms with Gasteiger partial charge in [-0.3, -0.25) is 5.10 Å². The van der Waals surface area contributed by atoms with Crippen LogP contribution in [0.5, 0.6) is 0 Å². The monoisotopic (exact) mass is 192 g/mol. The van der Waals surface area contributed by atoms with Crippen LogP contribution in [0.25, 0.3) is 0 Å². The molecule has 0 radical (unpaired) electrons. The molecule has 1 heterocycles. The lowest BCUT2D eigenvalue weighted by Gasteiger charge is -2.01. The molecule has 12 heavy (non-hydrogen) atoms. The summed E-state index contributed by atoms with van der Waals surface area (Å²) in [6.07, 6.45) is 0.977. The van der Waals surface area contributed by atoms with E-state index in [0.717, 1.165) is 6.20 Å². The van der Waals surface area contributed by atoms with Crippen molar-refractivity contribution in [2.75, 3.05) is 0 Å². The van der Waals surface area contributed by atoms with Gasteiger partial charge in [0.15, 0.2) is 0 Å². The van der Waals surface area contributed by atoms with Gasteiger partial charge in [-0.15, -0.1) is 3.89 Å². The van der Waals surface area contributed by atoms with Gasteiger partial charge in [0, 0.05) is 0 Å². The van der Waals surface area contributed by atoms with Crippen LogP contribution in [-0.2, 0) is 10.2 Å². The molecule has 0 amide bonds. The minimum absolute atomic E-state index is 0.0898. The summed E-state index contributed by atoms with van der Waals surface area (Å²) < 4.78 is 33.5. The Hall–Kier alpha value is -0.910. The normalized spacial score (nSPS) is 12.3. The third-order valence-electron chi connectivity index (χ3n) is 1.47. The van der Waals surface area contributed by atoms with Gasteiger partial charge in [0.05, 0.1) is 11.9 Å². The molecule has 0 fully saturated rings. The van der Waals surface area contributed by atoms with Crippen molar-refractivity contribution < 1.29 is 12.3 Å². The van der Waals surface area contributed by atoms with Crippen LogP contribution < -0.4 is 0 Å². The van der Waals surface area contributed by atoms with E-state index in [1.807, 2.05) is 0 Å². The first kappa shape index (κ1) is 9.18. The molecule has 4 nitrogen and oxygen atoms in total. The number of rotatable bonds is 2. The fourth-order valence-corrected chi connectivity index (χ4v) is 1.62. The molecule has 0 aromatic carbocycles. The van der Waals surface area contributed by atoms with E-state index in [4.69, 9.17) is 0 Å². The van der Waals surface area contributed by atoms with Gasteiger partial charge in [-0.05, 0) is 5.92 Å². The molecular weight excluding hydrogens is 183 g/mol. The Labute approximate surface area is 70.0 Å². The summed E-state index contributed by atoms with van der Waals surface area (Å²) >= 11 is 0. The number of halogens is 1. The molecule has 1 N–H and O–H groups in total. The SMILES string of the molecule is CC(C)c1[nH]ncc1S(=O)(=O)F. The molecule has 6 heteroatoms. The quantitative estimate of drug-likeness (QED) is 0.716. The molecule has 0 saturated heterocycles. The van der Waals surface area contributed by atoms with Crippen LogP contribution in [-0.4, -0.2) is 18.6 Å². The van der Waals surface area contributed by atoms with Gasteiger partial charge in [-0.25, -0.2) is 0 Å². The Morgan fingerprint density at radius 3 is 2.50 bits per heavy atom. The molecule has 0 saturated carbocycles. The zero-order valence-electron chi connectivity index (χ0n) is 6.70. The lowest BCUT2D eigenvalue weighted by atomic mass is 10.1. The van der Waals surface area contributed by atoms with E-state index in [1.165, 1.54) is 0 Å². The van der Waals surface area contributed by atoms with Gasteiger partial charge in [-0.1, -0.05) is 13.8 Å². The van der Waals surface area contributed by atoms with Crippen LogP contribution in [0.4, 0.5) is 3.89 Å². The highest BCUT2D eigenvalue weighted by Gasteiger charge is 2.20. The highest BCUT2D eigenvalue weighted by Crippen LogP contribution is 2.21. The van der Waals surface area contributed by atoms with E-state index in [1.54, 1.807) is 13.8 Å². The van der Waals surface area contributed by atoms with Crippen molar-refractivity contribution in [3.8, 4) is 0 Å². The maximum atomic E-state index is 12.5. The van der Waals surface area contributed by atoms with Crippen LogP contribution in [0, 0.1) is 0 Å². The van der Waals surface area contributed by atoms with E-state index in [9.17, 15) is 12.3 Å². The molecule has 1 rings (SSSR count). The molecule has 1 aromatic heterocycles. The fourth-order valence-electron chi connectivity index (χ4n) is 0.893. The largest absolute Gasteiger partial charge is 0.335 e. The predicted octanol–water partition coefficient (Wildman–Crippen LogP) is 1.19. The van der Waals surface area contributed by atoms with Gasteiger partial charge >= 0.3 is 10.2 Å². The Balaban J connectivity index is 3.26. The van der Waals surface area contributed by atoms with Crippen molar-refractivity contribution in [3.05, 3.63) is 11.9 Å². The van der Waals surface area contributed by atoms with Crippen LogP contribution in [0.15, 0.2) is 11.1 Å². The summed E-state index contributed by atoms with van der Waals surface area (Å²) in [6.45, 7) is 3.50. The number of nitrogens with one attached hydrogen (secondary N) is 1. The average molecular weight is 192 g/mol. The lowest BCUT2D eigenvalue weighted by Crippen LogP contribution is -1.98. The number of H-pyrrole nitrogens is 1. The predicted molar refractivity (Wildman–Crippen MR) is 41.0 cm³/mol. The van der Waals surface area contributed by atoms with Crippen molar-refractivity contribution in [2.24, 2.45) is 0 Å². The lowest BCUT2D eigenvalue weighted by molar-refractivity contribution is 0.549. The summed E-state index contributed by atoms with van der Waals surface area (Å²) in [4.78, 5) is -0.363. The second-order valence-electron chi connectivity index (χ2n) is 2.74. The number of hydrogen-bond acceptors (Lipinski definition) is 3. The number of aromatic nitrogens is 2. The maximum Gasteiger partial charge on any atom is 0.335 e. The molecule has 1 aromatic rings. The average Bonchev–Trinajstić information content (AvgIpc) is 2.30. The fraction of sp³-hybridized carbons (Fsp3) is 0.500. The van der Waals surface area contributed by atoms with E-state index < -0.39 is 10.2 Å². The maximum absolute atomic E-state index is 12.5. The van der Waals surface area contributed by atoms with Gasteiger partial charge < -0.3 is 0 Å². The zero-order valence-corrected chi connectivity index (χ0v) is 7.52. The topological polar surface area (TPSA) is 62.8 Å². The van der Waals surface area contributed by atoms with Crippen molar-refractivity contribution in [2.45, 2.75) is 24.7 Å². The van der Waals surface area contributed by atoms with E-state index in [-0.39, 0.29) is 10.8 Å². The third kappa shape index (κ3) is 1.63. The molecule has 0 spiro atoms. The molecule has 0 aliphatic heterocycles. The second kappa shape index (κ2) is 2.85. The summed E-state index contributed by atoms with van der Waals surface area (Å²) in [5, 5.41) is 5.91. The highest BCUT2D eigenvalue weighted by atomic mass is 32.3. The number of nitrogens with zero attached hydrogens (tertiary/aromatic N) is 1. The van der Waals surface area contributed by atoms with Crippen molar-refractivity contribution in [3.63, 3.8) is 0 Å². The minimum atomic E-state index is -4.63. The first-order valence-electron chi connectivity index (χ1n) is 3.41. The van der Waals surface area contributed by atoms with Crippen LogP contribution >= 0.6 is 0 Å². The van der Waals surface area contributed by atoms with Crippen molar-refractivity contribution >= 4 is 10.2 Å². The van der Waals surface area contributed by atoms with Crippen LogP contribution in [0.1, 0.15) is 25.5 Å². The Morgan fingerprint density at radius 1 is 1.58 bits per heavy atom. The molecule has 0 bridgehead atoms. The summed E-state index contributed by atoms with van der Waals surface area (Å²) in [5.74, 6) is -0.0898. The minimum Gasteiger partial charge on any atom is -0.281 e. The Morgan fingerprint density at radius 2 is 2.17 bits per heavy atom. The smallest absolute Gasteiger partial charge is 0.281 e. The second-order valence-corrected chi connectivity index (χ2v) is 4.06. The van der Waals surface area contributed by atoms with Crippen molar-refractivity contribution in [1.29, 1.82) is 0 Å². The van der Waals surface area contributed by atoms with E-state index in [0.29, 0.717) is 5.69 Å². The van der Waals surface area contributed by atoms with Gasteiger partial charge in [0.25, 0.3) is 0 Å². The van der Waals surface area contributed by atoms with Crippen LogP contribution in [0.2, 0.25) is 0 Å². The van der Waals surface area contributed by atoms with Crippen molar-refractivity contribution in [1.82, 2.24) is 10.2 Å². The van der Waals surface area contributed by atoms with Crippen LogP contribution in [0.3, 0.4) is 0 Å². The Bertz CT molecular complexity index is 369. The summed E-state index contributed by atoms with van der Waals surface area (Å²) in [7, 11) is -4.63. The van der Waals surface area contributed by atoms with Gasteiger partial charge in [0.1, 0.15) is 4.90 Å². The molecular formula is C6H9FN2O2S. The molecule has 0 aliphatic carbocycles. The summed E-state index contributed by atoms with van der Waals surface area (Å²) in [5.41, 5.74) is 0.303. The molecule has 0 atom stereocenters. The third-order valence-corrected chi connectivity index (χ3v) is 2.32. The number of aromatic amines is 1. The molecule has 0 aliphatic rings. The highest BCUT2D eigenvalue weighted by molar-refractivity contribution is 7.86. The summed E-state index contributed by atoms with van der Waals surface area (Å²) in [6, 6.07) is 0. The van der Waals surface area contributed by atoms with Gasteiger partial charge in [0.2, 0.25) is 0 Å². The first-order valence-corrected chi connectivity index (χ1v) is 4.79. The Kier molecular flexibility index (Phi) is 2.18. The standard InChI is InChI=1S/C6H9FN2O2S/c1-4(2)6-5(3-8-9-6)12(7,10)11/h3-4H,1-2H3,(H,8,9).